The second kappa shape index (κ2) is 3.83. The molecular weight excluding hydrogens is 288 g/mol. The average molecular weight is 306 g/mol. The Balaban J connectivity index is 1.80. The van der Waals surface area contributed by atoms with Crippen molar-refractivity contribution in [3.05, 3.63) is 69.8 Å². The second-order valence-electron chi connectivity index (χ2n) is 7.91. The molecule has 0 radical (unpaired) electrons. The van der Waals surface area contributed by atoms with E-state index in [1.807, 2.05) is 0 Å². The van der Waals surface area contributed by atoms with Gasteiger partial charge in [-0.1, -0.05) is 42.5 Å². The van der Waals surface area contributed by atoms with Crippen LogP contribution in [-0.4, -0.2) is 0 Å². The molecular formula is C24H18. The highest BCUT2D eigenvalue weighted by Crippen LogP contribution is 2.51. The summed E-state index contributed by atoms with van der Waals surface area (Å²) in [5, 5.41) is 6.15. The van der Waals surface area contributed by atoms with Crippen LogP contribution < -0.4 is 0 Å². The maximum atomic E-state index is 2.51. The van der Waals surface area contributed by atoms with Crippen LogP contribution in [0.4, 0.5) is 0 Å². The topological polar surface area (TPSA) is 0 Å². The lowest BCUT2D eigenvalue weighted by atomic mass is 9.78. The van der Waals surface area contributed by atoms with Gasteiger partial charge in [-0.2, -0.15) is 0 Å². The Kier molecular flexibility index (Phi) is 1.93. The number of allylic oxidation sites excluding steroid dienone is 3. The van der Waals surface area contributed by atoms with Crippen LogP contribution in [0.25, 0.3) is 33.2 Å². The van der Waals surface area contributed by atoms with Crippen molar-refractivity contribution in [2.75, 3.05) is 0 Å². The number of hydrogen-bond acceptors (Lipinski definition) is 0. The van der Waals surface area contributed by atoms with Gasteiger partial charge in [0.25, 0.3) is 0 Å². The number of rotatable bonds is 0. The van der Waals surface area contributed by atoms with Crippen molar-refractivity contribution < 1.29 is 0 Å². The highest BCUT2D eigenvalue weighted by Gasteiger charge is 2.31. The molecule has 0 heteroatoms. The number of benzene rings is 3. The number of aryl methyl sites for hydroxylation is 2. The summed E-state index contributed by atoms with van der Waals surface area (Å²) in [4.78, 5) is 0. The molecule has 0 aromatic heterocycles. The van der Waals surface area contributed by atoms with Crippen LogP contribution in [0.2, 0.25) is 0 Å². The summed E-state index contributed by atoms with van der Waals surface area (Å²) in [7, 11) is 0. The Hall–Kier alpha value is -2.34. The van der Waals surface area contributed by atoms with Crippen molar-refractivity contribution >= 4 is 33.2 Å². The number of hydrogen-bond donors (Lipinski definition) is 0. The van der Waals surface area contributed by atoms with E-state index in [1.54, 1.807) is 44.2 Å². The van der Waals surface area contributed by atoms with Gasteiger partial charge in [0.2, 0.25) is 0 Å². The Labute approximate surface area is 141 Å². The molecule has 0 heterocycles. The first-order valence-electron chi connectivity index (χ1n) is 9.33. The Morgan fingerprint density at radius 2 is 1.71 bits per heavy atom. The molecule has 4 aliphatic rings. The molecule has 0 amide bonds. The van der Waals surface area contributed by atoms with E-state index in [0.29, 0.717) is 5.92 Å². The summed E-state index contributed by atoms with van der Waals surface area (Å²) in [6, 6.07) is 9.64. The third-order valence-corrected chi connectivity index (χ3v) is 6.94. The monoisotopic (exact) mass is 306 g/mol. The minimum Gasteiger partial charge on any atom is -0.0763 e. The quantitative estimate of drug-likeness (QED) is 0.451. The van der Waals surface area contributed by atoms with Crippen LogP contribution in [0.15, 0.2) is 36.4 Å². The third kappa shape index (κ3) is 1.20. The van der Waals surface area contributed by atoms with Crippen molar-refractivity contribution in [2.45, 2.75) is 38.0 Å². The fourth-order valence-corrected chi connectivity index (χ4v) is 5.94. The molecule has 0 nitrogen and oxygen atoms in total. The predicted molar refractivity (Wildman–Crippen MR) is 102 cm³/mol. The minimum absolute atomic E-state index is 0.657. The smallest absolute Gasteiger partial charge is 0.00335 e. The SMILES string of the molecule is C1=CC2CCc3ccc4c(c1c1c5c6c(ccc54)CCC6=CC1)c32. The van der Waals surface area contributed by atoms with E-state index in [9.17, 15) is 0 Å². The number of fused-ring (bicyclic) bond motifs is 2. The summed E-state index contributed by atoms with van der Waals surface area (Å²) >= 11 is 0. The summed E-state index contributed by atoms with van der Waals surface area (Å²) in [6.07, 6.45) is 13.6. The largest absolute Gasteiger partial charge is 0.0763 e. The van der Waals surface area contributed by atoms with E-state index in [2.05, 4.69) is 42.5 Å². The van der Waals surface area contributed by atoms with E-state index >= 15 is 0 Å². The van der Waals surface area contributed by atoms with Gasteiger partial charge in [-0.25, -0.2) is 0 Å². The van der Waals surface area contributed by atoms with Gasteiger partial charge in [0.05, 0.1) is 0 Å². The van der Waals surface area contributed by atoms with Gasteiger partial charge in [-0.05, 0) is 92.6 Å². The zero-order chi connectivity index (χ0) is 15.4. The van der Waals surface area contributed by atoms with E-state index in [4.69, 9.17) is 0 Å². The zero-order valence-electron chi connectivity index (χ0n) is 13.7. The molecule has 3 aromatic carbocycles. The van der Waals surface area contributed by atoms with Crippen LogP contribution in [0.5, 0.6) is 0 Å². The molecule has 4 aliphatic carbocycles. The fourth-order valence-electron chi connectivity index (χ4n) is 5.94. The summed E-state index contributed by atoms with van der Waals surface area (Å²) in [5.41, 5.74) is 11.1. The van der Waals surface area contributed by atoms with Crippen LogP contribution in [0.1, 0.15) is 52.1 Å². The van der Waals surface area contributed by atoms with Gasteiger partial charge in [0.1, 0.15) is 0 Å². The van der Waals surface area contributed by atoms with E-state index in [-0.39, 0.29) is 0 Å². The van der Waals surface area contributed by atoms with Crippen molar-refractivity contribution in [3.8, 4) is 0 Å². The molecule has 0 bridgehead atoms. The molecule has 114 valence electrons. The van der Waals surface area contributed by atoms with Gasteiger partial charge in [-0.3, -0.25) is 0 Å². The highest BCUT2D eigenvalue weighted by atomic mass is 14.3. The predicted octanol–water partition coefficient (Wildman–Crippen LogP) is 5.94. The minimum atomic E-state index is 0.657. The van der Waals surface area contributed by atoms with E-state index < -0.39 is 0 Å². The zero-order valence-corrected chi connectivity index (χ0v) is 13.7. The summed E-state index contributed by atoms with van der Waals surface area (Å²) in [5.74, 6) is 0.657. The van der Waals surface area contributed by atoms with Gasteiger partial charge in [0, 0.05) is 5.92 Å². The average Bonchev–Trinajstić information content (AvgIpc) is 3.24. The first-order valence-corrected chi connectivity index (χ1v) is 9.33. The second-order valence-corrected chi connectivity index (χ2v) is 7.91. The molecule has 0 spiro atoms. The van der Waals surface area contributed by atoms with Crippen LogP contribution in [-0.2, 0) is 19.3 Å². The maximum Gasteiger partial charge on any atom is 0.00335 e. The Morgan fingerprint density at radius 3 is 2.67 bits per heavy atom. The van der Waals surface area contributed by atoms with Gasteiger partial charge < -0.3 is 0 Å². The fraction of sp³-hybridized carbons (Fsp3) is 0.250. The van der Waals surface area contributed by atoms with Crippen LogP contribution >= 0.6 is 0 Å². The summed E-state index contributed by atoms with van der Waals surface area (Å²) in [6.45, 7) is 0. The van der Waals surface area contributed by atoms with Crippen molar-refractivity contribution in [3.63, 3.8) is 0 Å². The first kappa shape index (κ1) is 12.1. The molecule has 0 saturated heterocycles. The highest BCUT2D eigenvalue weighted by molar-refractivity contribution is 6.18. The molecule has 24 heavy (non-hydrogen) atoms. The summed E-state index contributed by atoms with van der Waals surface area (Å²) < 4.78 is 0. The van der Waals surface area contributed by atoms with Gasteiger partial charge >= 0.3 is 0 Å². The van der Waals surface area contributed by atoms with Crippen LogP contribution in [0, 0.1) is 0 Å². The molecule has 1 atom stereocenters. The normalized spacial score (nSPS) is 21.8. The van der Waals surface area contributed by atoms with Crippen molar-refractivity contribution in [1.82, 2.24) is 0 Å². The molecule has 0 fully saturated rings. The lowest BCUT2D eigenvalue weighted by molar-refractivity contribution is 0.818. The van der Waals surface area contributed by atoms with Crippen molar-refractivity contribution in [1.29, 1.82) is 0 Å². The molecule has 0 N–H and O–H groups in total. The maximum absolute atomic E-state index is 2.51. The Bertz CT molecular complexity index is 1170. The lowest BCUT2D eigenvalue weighted by Crippen LogP contribution is -2.05. The van der Waals surface area contributed by atoms with E-state index in [1.165, 1.54) is 42.0 Å². The third-order valence-electron chi connectivity index (χ3n) is 6.94. The Morgan fingerprint density at radius 1 is 0.833 bits per heavy atom. The molecule has 7 rings (SSSR count). The van der Waals surface area contributed by atoms with E-state index in [0.717, 1.165) is 6.42 Å². The lowest BCUT2D eigenvalue weighted by Gasteiger charge is -2.25. The standard InChI is InChI=1S/C24H18/c1-2-14-6-10-18-20-12-8-16-4-3-15-7-11-19(24(20)22(15)16)17-9-5-13(1)21(14)23(17)18/h5-11,14H,1-4,12H2. The van der Waals surface area contributed by atoms with Gasteiger partial charge in [0.15, 0.2) is 0 Å². The molecule has 0 aliphatic heterocycles. The van der Waals surface area contributed by atoms with Crippen LogP contribution in [0.3, 0.4) is 0 Å². The molecule has 1 unspecified atom stereocenters. The first-order chi connectivity index (χ1) is 11.9. The molecule has 3 aromatic rings. The van der Waals surface area contributed by atoms with Gasteiger partial charge in [-0.15, -0.1) is 0 Å². The molecule has 0 saturated carbocycles. The van der Waals surface area contributed by atoms with Crippen molar-refractivity contribution in [2.24, 2.45) is 0 Å².